The fraction of sp³-hybridized carbons (Fsp3) is 0.0870. The molecule has 4 aromatic rings. The maximum Gasteiger partial charge on any atom is 0.417 e. The molecule has 0 aliphatic heterocycles. The number of rotatable bonds is 6. The zero-order chi connectivity index (χ0) is 26.7. The summed E-state index contributed by atoms with van der Waals surface area (Å²) in [7, 11) is 0. The average molecular weight is 530 g/mol. The molecule has 0 spiro atoms. The van der Waals surface area contributed by atoms with E-state index in [9.17, 15) is 18.0 Å². The monoisotopic (exact) mass is 529 g/mol. The zero-order valence-corrected chi connectivity index (χ0v) is 19.8. The molecule has 0 fully saturated rings. The van der Waals surface area contributed by atoms with Crippen molar-refractivity contribution in [2.75, 3.05) is 16.0 Å². The second kappa shape index (κ2) is 10.1. The van der Waals surface area contributed by atoms with Crippen molar-refractivity contribution in [3.63, 3.8) is 0 Å². The van der Waals surface area contributed by atoms with Crippen LogP contribution in [0.1, 0.15) is 16.8 Å². The van der Waals surface area contributed by atoms with E-state index < -0.39 is 22.8 Å². The van der Waals surface area contributed by atoms with Gasteiger partial charge in [-0.05, 0) is 55.0 Å². The Hall–Kier alpha value is -4.65. The summed E-state index contributed by atoms with van der Waals surface area (Å²) in [4.78, 5) is 21.1. The SMILES string of the molecule is Cc1cc(NC(=O)Nc2ccc(Cl)c(C(F)(F)F)c2)ccc1-c1nccc(Nc2cc(C(=N)N)[nH]n2)n1. The first-order valence-corrected chi connectivity index (χ1v) is 10.9. The molecule has 2 heterocycles. The number of carbonyl (C=O) groups is 1. The number of benzene rings is 2. The molecule has 4 rings (SSSR count). The predicted molar refractivity (Wildman–Crippen MR) is 134 cm³/mol. The third-order valence-electron chi connectivity index (χ3n) is 5.03. The van der Waals surface area contributed by atoms with Gasteiger partial charge < -0.3 is 21.7 Å². The third-order valence-corrected chi connectivity index (χ3v) is 5.36. The Morgan fingerprint density at radius 2 is 1.76 bits per heavy atom. The Morgan fingerprint density at radius 1 is 1.05 bits per heavy atom. The van der Waals surface area contributed by atoms with Gasteiger partial charge in [-0.3, -0.25) is 10.5 Å². The largest absolute Gasteiger partial charge is 0.417 e. The highest BCUT2D eigenvalue weighted by Crippen LogP contribution is 2.36. The van der Waals surface area contributed by atoms with Gasteiger partial charge in [0.05, 0.1) is 10.6 Å². The number of hydrogen-bond donors (Lipinski definition) is 6. The smallest absolute Gasteiger partial charge is 0.382 e. The van der Waals surface area contributed by atoms with E-state index in [1.165, 1.54) is 6.07 Å². The standard InChI is InChI=1S/C23H19ClF3N9O/c1-11-8-12(31-22(37)32-13-3-5-16(24)15(9-13)23(25,26)27)2-4-14(11)21-30-7-6-18(34-21)33-19-10-17(20(28)29)35-36-19/h2-10H,1H3,(H3,28,29)(H2,31,32,37)(H2,30,33,34,35,36). The van der Waals surface area contributed by atoms with Crippen LogP contribution in [0.15, 0.2) is 54.7 Å². The summed E-state index contributed by atoms with van der Waals surface area (Å²) in [6, 6.07) is 10.6. The second-order valence-electron chi connectivity index (χ2n) is 7.77. The van der Waals surface area contributed by atoms with E-state index in [1.807, 2.05) is 0 Å². The van der Waals surface area contributed by atoms with E-state index >= 15 is 0 Å². The number of aromatic amines is 1. The van der Waals surface area contributed by atoms with Crippen LogP contribution >= 0.6 is 11.6 Å². The summed E-state index contributed by atoms with van der Waals surface area (Å²) in [5.41, 5.74) is 6.51. The quantitative estimate of drug-likeness (QED) is 0.142. The molecule has 2 amide bonds. The van der Waals surface area contributed by atoms with E-state index in [1.54, 1.807) is 43.5 Å². The normalized spacial score (nSPS) is 11.2. The van der Waals surface area contributed by atoms with Crippen molar-refractivity contribution in [2.45, 2.75) is 13.1 Å². The highest BCUT2D eigenvalue weighted by molar-refractivity contribution is 6.31. The molecule has 2 aromatic heterocycles. The van der Waals surface area contributed by atoms with Gasteiger partial charge >= 0.3 is 12.2 Å². The number of carbonyl (C=O) groups excluding carboxylic acids is 1. The van der Waals surface area contributed by atoms with Crippen LogP contribution in [0.2, 0.25) is 5.02 Å². The van der Waals surface area contributed by atoms with Crippen LogP contribution in [0.25, 0.3) is 11.4 Å². The third kappa shape index (κ3) is 6.13. The maximum atomic E-state index is 13.1. The predicted octanol–water partition coefficient (Wildman–Crippen LogP) is 5.52. The van der Waals surface area contributed by atoms with Gasteiger partial charge in [-0.15, -0.1) is 0 Å². The first-order valence-electron chi connectivity index (χ1n) is 10.6. The highest BCUT2D eigenvalue weighted by atomic mass is 35.5. The van der Waals surface area contributed by atoms with E-state index in [2.05, 4.69) is 36.1 Å². The van der Waals surface area contributed by atoms with Crippen molar-refractivity contribution in [2.24, 2.45) is 5.73 Å². The van der Waals surface area contributed by atoms with Crippen LogP contribution in [0, 0.1) is 12.3 Å². The first-order chi connectivity index (χ1) is 17.5. The van der Waals surface area contributed by atoms with Crippen LogP contribution in [0.4, 0.5) is 41.0 Å². The van der Waals surface area contributed by atoms with Crippen LogP contribution in [0.3, 0.4) is 0 Å². The zero-order valence-electron chi connectivity index (χ0n) is 19.0. The lowest BCUT2D eigenvalue weighted by Crippen LogP contribution is -2.20. The van der Waals surface area contributed by atoms with Crippen molar-refractivity contribution in [3.8, 4) is 11.4 Å². The minimum absolute atomic E-state index is 0.0624. The molecule has 0 saturated carbocycles. The number of nitrogens with two attached hydrogens (primary N) is 1. The number of nitrogens with one attached hydrogen (secondary N) is 5. The maximum absolute atomic E-state index is 13.1. The van der Waals surface area contributed by atoms with Gasteiger partial charge in [0.15, 0.2) is 11.6 Å². The van der Waals surface area contributed by atoms with E-state index in [-0.39, 0.29) is 11.5 Å². The Morgan fingerprint density at radius 3 is 2.41 bits per heavy atom. The molecule has 190 valence electrons. The summed E-state index contributed by atoms with van der Waals surface area (Å²) in [5.74, 6) is 1.12. The molecule has 0 saturated heterocycles. The molecule has 2 aromatic carbocycles. The molecular formula is C23H19ClF3N9O. The first kappa shape index (κ1) is 25.4. The molecule has 10 nitrogen and oxygen atoms in total. The summed E-state index contributed by atoms with van der Waals surface area (Å²) < 4.78 is 39.2. The molecule has 0 unspecified atom stereocenters. The second-order valence-corrected chi connectivity index (χ2v) is 8.18. The number of nitrogens with zero attached hydrogens (tertiary/aromatic N) is 3. The minimum atomic E-state index is -4.65. The van der Waals surface area contributed by atoms with Gasteiger partial charge in [0, 0.05) is 29.2 Å². The Bertz CT molecular complexity index is 1490. The topological polar surface area (TPSA) is 157 Å². The lowest BCUT2D eigenvalue weighted by atomic mass is 10.1. The van der Waals surface area contributed by atoms with Gasteiger partial charge in [-0.2, -0.15) is 18.3 Å². The summed E-state index contributed by atoms with van der Waals surface area (Å²) in [5, 5.41) is 21.6. The minimum Gasteiger partial charge on any atom is -0.382 e. The molecule has 14 heteroatoms. The Labute approximate surface area is 213 Å². The number of urea groups is 1. The van der Waals surface area contributed by atoms with Crippen molar-refractivity contribution in [1.29, 1.82) is 5.41 Å². The lowest BCUT2D eigenvalue weighted by Gasteiger charge is -2.13. The van der Waals surface area contributed by atoms with Crippen molar-refractivity contribution >= 4 is 46.5 Å². The molecule has 7 N–H and O–H groups in total. The average Bonchev–Trinajstić information content (AvgIpc) is 3.29. The number of aromatic nitrogens is 4. The number of hydrogen-bond acceptors (Lipinski definition) is 6. The van der Waals surface area contributed by atoms with E-state index in [4.69, 9.17) is 22.7 Å². The van der Waals surface area contributed by atoms with Crippen LogP contribution in [-0.2, 0) is 6.18 Å². The number of aryl methyl sites for hydroxylation is 1. The molecular weight excluding hydrogens is 511 g/mol. The van der Waals surface area contributed by atoms with Gasteiger partial charge in [0.25, 0.3) is 0 Å². The van der Waals surface area contributed by atoms with Gasteiger partial charge in [-0.1, -0.05) is 11.6 Å². The number of alkyl halides is 3. The van der Waals surface area contributed by atoms with Gasteiger partial charge in [-0.25, -0.2) is 14.8 Å². The fourth-order valence-corrected chi connectivity index (χ4v) is 3.54. The summed E-state index contributed by atoms with van der Waals surface area (Å²) >= 11 is 5.61. The Balaban J connectivity index is 1.46. The summed E-state index contributed by atoms with van der Waals surface area (Å²) in [6.07, 6.45) is -3.09. The van der Waals surface area contributed by atoms with Crippen LogP contribution in [0.5, 0.6) is 0 Å². The number of nitrogen functional groups attached to an aromatic ring is 1. The Kier molecular flexibility index (Phi) is 6.98. The van der Waals surface area contributed by atoms with Crippen molar-refractivity contribution < 1.29 is 18.0 Å². The van der Waals surface area contributed by atoms with E-state index in [0.29, 0.717) is 34.4 Å². The summed E-state index contributed by atoms with van der Waals surface area (Å²) in [6.45, 7) is 1.80. The fourth-order valence-electron chi connectivity index (χ4n) is 3.32. The van der Waals surface area contributed by atoms with E-state index in [0.717, 1.165) is 17.7 Å². The number of H-pyrrole nitrogens is 1. The number of anilines is 4. The molecule has 0 bridgehead atoms. The molecule has 0 atom stereocenters. The van der Waals surface area contributed by atoms with Crippen LogP contribution in [-0.4, -0.2) is 32.0 Å². The number of amides is 2. The van der Waals surface area contributed by atoms with Crippen molar-refractivity contribution in [3.05, 3.63) is 76.6 Å². The number of halogens is 4. The molecule has 37 heavy (non-hydrogen) atoms. The van der Waals surface area contributed by atoms with Gasteiger partial charge in [0.2, 0.25) is 0 Å². The number of amidine groups is 1. The van der Waals surface area contributed by atoms with Crippen molar-refractivity contribution in [1.82, 2.24) is 20.2 Å². The lowest BCUT2D eigenvalue weighted by molar-refractivity contribution is -0.137. The molecule has 0 radical (unpaired) electrons. The highest BCUT2D eigenvalue weighted by Gasteiger charge is 2.33. The molecule has 0 aliphatic carbocycles. The van der Waals surface area contributed by atoms with Gasteiger partial charge in [0.1, 0.15) is 17.3 Å². The van der Waals surface area contributed by atoms with Crippen LogP contribution < -0.4 is 21.7 Å². The molecule has 0 aliphatic rings.